The number of nitrogens with one attached hydrogen (secondary N) is 1. The van der Waals surface area contributed by atoms with Crippen LogP contribution in [0.2, 0.25) is 0 Å². The highest BCUT2D eigenvalue weighted by Crippen LogP contribution is 2.23. The fourth-order valence-electron chi connectivity index (χ4n) is 1.96. The summed E-state index contributed by atoms with van der Waals surface area (Å²) in [6.07, 6.45) is 6.93. The van der Waals surface area contributed by atoms with Crippen LogP contribution in [0.15, 0.2) is 0 Å². The zero-order valence-corrected chi connectivity index (χ0v) is 11.0. The van der Waals surface area contributed by atoms with Gasteiger partial charge in [0, 0.05) is 11.6 Å². The van der Waals surface area contributed by atoms with E-state index in [0.717, 1.165) is 12.6 Å². The van der Waals surface area contributed by atoms with E-state index in [9.17, 15) is 0 Å². The van der Waals surface area contributed by atoms with E-state index in [0.29, 0.717) is 0 Å². The Kier molecular flexibility index (Phi) is 5.07. The molecule has 0 spiro atoms. The third kappa shape index (κ3) is 5.53. The molecule has 90 valence electrons. The second-order valence-electron chi connectivity index (χ2n) is 5.95. The molecule has 1 aliphatic carbocycles. The average molecular weight is 212 g/mol. The molecule has 0 bridgehead atoms. The zero-order chi connectivity index (χ0) is 11.3. The molecular formula is C13H28N2. The topological polar surface area (TPSA) is 15.3 Å². The predicted octanol–water partition coefficient (Wildman–Crippen LogP) is 2.64. The van der Waals surface area contributed by atoms with Crippen LogP contribution in [-0.2, 0) is 0 Å². The Hall–Kier alpha value is -0.0800. The fraction of sp³-hybridized carbons (Fsp3) is 1.00. The monoisotopic (exact) mass is 212 g/mol. The van der Waals surface area contributed by atoms with Crippen LogP contribution in [-0.4, -0.2) is 36.6 Å². The summed E-state index contributed by atoms with van der Waals surface area (Å²) in [7, 11) is 2.28. The van der Waals surface area contributed by atoms with E-state index < -0.39 is 0 Å². The van der Waals surface area contributed by atoms with Crippen molar-refractivity contribution in [3.63, 3.8) is 0 Å². The Bertz CT molecular complexity index is 168. The highest BCUT2D eigenvalue weighted by Gasteiger charge is 2.21. The first-order valence-electron chi connectivity index (χ1n) is 6.44. The quantitative estimate of drug-likeness (QED) is 0.681. The molecule has 0 radical (unpaired) electrons. The SMILES string of the molecule is CN(CCCCNC(C)(C)C)C1CCC1. The maximum atomic E-state index is 3.53. The Morgan fingerprint density at radius 1 is 1.20 bits per heavy atom. The first-order valence-corrected chi connectivity index (χ1v) is 6.44. The van der Waals surface area contributed by atoms with Crippen LogP contribution in [0.1, 0.15) is 52.9 Å². The average Bonchev–Trinajstić information content (AvgIpc) is 1.97. The molecule has 0 aromatic rings. The van der Waals surface area contributed by atoms with Crippen molar-refractivity contribution in [3.8, 4) is 0 Å². The summed E-state index contributed by atoms with van der Waals surface area (Å²) < 4.78 is 0. The van der Waals surface area contributed by atoms with Gasteiger partial charge in [-0.05, 0) is 66.6 Å². The van der Waals surface area contributed by atoms with E-state index in [2.05, 4.69) is 38.0 Å². The molecule has 0 aromatic carbocycles. The van der Waals surface area contributed by atoms with Gasteiger partial charge in [0.25, 0.3) is 0 Å². The highest BCUT2D eigenvalue weighted by molar-refractivity contribution is 4.77. The molecule has 1 N–H and O–H groups in total. The minimum absolute atomic E-state index is 0.278. The van der Waals surface area contributed by atoms with Crippen LogP contribution in [0.3, 0.4) is 0 Å². The number of hydrogen-bond donors (Lipinski definition) is 1. The normalized spacial score (nSPS) is 18.2. The minimum Gasteiger partial charge on any atom is -0.312 e. The molecule has 1 rings (SSSR count). The summed E-state index contributed by atoms with van der Waals surface area (Å²) in [6.45, 7) is 9.12. The van der Waals surface area contributed by atoms with Crippen LogP contribution >= 0.6 is 0 Å². The van der Waals surface area contributed by atoms with Crippen molar-refractivity contribution in [3.05, 3.63) is 0 Å². The highest BCUT2D eigenvalue weighted by atomic mass is 15.1. The molecule has 2 heteroatoms. The van der Waals surface area contributed by atoms with Gasteiger partial charge < -0.3 is 10.2 Å². The minimum atomic E-state index is 0.278. The van der Waals surface area contributed by atoms with Gasteiger partial charge in [0.15, 0.2) is 0 Å². The number of unbranched alkanes of at least 4 members (excludes halogenated alkanes) is 1. The third-order valence-corrected chi connectivity index (χ3v) is 3.29. The maximum Gasteiger partial charge on any atom is 0.00965 e. The van der Waals surface area contributed by atoms with Crippen molar-refractivity contribution in [2.24, 2.45) is 0 Å². The second-order valence-corrected chi connectivity index (χ2v) is 5.95. The molecule has 1 fully saturated rings. The lowest BCUT2D eigenvalue weighted by atomic mass is 9.92. The van der Waals surface area contributed by atoms with Gasteiger partial charge in [-0.15, -0.1) is 0 Å². The number of nitrogens with zero attached hydrogens (tertiary/aromatic N) is 1. The van der Waals surface area contributed by atoms with Gasteiger partial charge in [0.2, 0.25) is 0 Å². The van der Waals surface area contributed by atoms with E-state index in [4.69, 9.17) is 0 Å². The van der Waals surface area contributed by atoms with Gasteiger partial charge in [-0.1, -0.05) is 6.42 Å². The Morgan fingerprint density at radius 3 is 2.33 bits per heavy atom. The molecule has 2 nitrogen and oxygen atoms in total. The zero-order valence-electron chi connectivity index (χ0n) is 11.0. The smallest absolute Gasteiger partial charge is 0.00965 e. The van der Waals surface area contributed by atoms with Crippen molar-refractivity contribution >= 4 is 0 Å². The summed E-state index contributed by atoms with van der Waals surface area (Å²) in [6, 6.07) is 0.903. The lowest BCUT2D eigenvalue weighted by Gasteiger charge is -2.34. The van der Waals surface area contributed by atoms with Crippen LogP contribution < -0.4 is 5.32 Å². The first-order chi connectivity index (χ1) is 6.99. The van der Waals surface area contributed by atoms with E-state index >= 15 is 0 Å². The molecule has 0 unspecified atom stereocenters. The van der Waals surface area contributed by atoms with Crippen LogP contribution in [0.25, 0.3) is 0 Å². The predicted molar refractivity (Wildman–Crippen MR) is 67.3 cm³/mol. The number of rotatable bonds is 6. The van der Waals surface area contributed by atoms with Crippen molar-refractivity contribution in [1.82, 2.24) is 10.2 Å². The van der Waals surface area contributed by atoms with Gasteiger partial charge in [-0.3, -0.25) is 0 Å². The van der Waals surface area contributed by atoms with Gasteiger partial charge >= 0.3 is 0 Å². The maximum absolute atomic E-state index is 3.53. The molecule has 0 atom stereocenters. The molecule has 0 aliphatic heterocycles. The van der Waals surface area contributed by atoms with Crippen molar-refractivity contribution < 1.29 is 0 Å². The largest absolute Gasteiger partial charge is 0.312 e. The van der Waals surface area contributed by atoms with Crippen molar-refractivity contribution in [2.75, 3.05) is 20.1 Å². The summed E-state index contributed by atoms with van der Waals surface area (Å²) in [5.41, 5.74) is 0.278. The molecular weight excluding hydrogens is 184 g/mol. The molecule has 0 aromatic heterocycles. The van der Waals surface area contributed by atoms with Crippen LogP contribution in [0.4, 0.5) is 0 Å². The first kappa shape index (κ1) is 13.0. The van der Waals surface area contributed by atoms with E-state index in [1.54, 1.807) is 0 Å². The molecule has 1 saturated carbocycles. The van der Waals surface area contributed by atoms with Gasteiger partial charge in [-0.2, -0.15) is 0 Å². The summed E-state index contributed by atoms with van der Waals surface area (Å²) in [5, 5.41) is 3.53. The van der Waals surface area contributed by atoms with Crippen LogP contribution in [0.5, 0.6) is 0 Å². The molecule has 15 heavy (non-hydrogen) atoms. The van der Waals surface area contributed by atoms with E-state index in [1.807, 2.05) is 0 Å². The Balaban J connectivity index is 1.92. The van der Waals surface area contributed by atoms with Gasteiger partial charge in [0.05, 0.1) is 0 Å². The van der Waals surface area contributed by atoms with E-state index in [1.165, 1.54) is 38.6 Å². The Labute approximate surface area is 95.4 Å². The summed E-state index contributed by atoms with van der Waals surface area (Å²) >= 11 is 0. The lowest BCUT2D eigenvalue weighted by Crippen LogP contribution is -2.38. The van der Waals surface area contributed by atoms with Gasteiger partial charge in [-0.25, -0.2) is 0 Å². The molecule has 0 heterocycles. The van der Waals surface area contributed by atoms with E-state index in [-0.39, 0.29) is 5.54 Å². The number of hydrogen-bond acceptors (Lipinski definition) is 2. The van der Waals surface area contributed by atoms with Crippen molar-refractivity contribution in [2.45, 2.75) is 64.5 Å². The Morgan fingerprint density at radius 2 is 1.87 bits per heavy atom. The third-order valence-electron chi connectivity index (χ3n) is 3.29. The molecule has 1 aliphatic rings. The molecule has 0 amide bonds. The molecule has 0 saturated heterocycles. The standard InChI is InChI=1S/C13H28N2/c1-13(2,3)14-10-5-6-11-15(4)12-8-7-9-12/h12,14H,5-11H2,1-4H3. The fourth-order valence-corrected chi connectivity index (χ4v) is 1.96. The summed E-state index contributed by atoms with van der Waals surface area (Å²) in [4.78, 5) is 2.54. The lowest BCUT2D eigenvalue weighted by molar-refractivity contribution is 0.157. The van der Waals surface area contributed by atoms with Crippen LogP contribution in [0, 0.1) is 0 Å². The second kappa shape index (κ2) is 5.86. The summed E-state index contributed by atoms with van der Waals surface area (Å²) in [5.74, 6) is 0. The van der Waals surface area contributed by atoms with Gasteiger partial charge in [0.1, 0.15) is 0 Å². The van der Waals surface area contributed by atoms with Crippen molar-refractivity contribution in [1.29, 1.82) is 0 Å².